The summed E-state index contributed by atoms with van der Waals surface area (Å²) in [6.45, 7) is 0. The lowest BCUT2D eigenvalue weighted by molar-refractivity contribution is 0.467. The fourth-order valence-corrected chi connectivity index (χ4v) is 7.36. The summed E-state index contributed by atoms with van der Waals surface area (Å²) in [4.78, 5) is 5.16. The van der Waals surface area contributed by atoms with Crippen LogP contribution in [0, 0.1) is 0 Å². The topological polar surface area (TPSA) is 12.9 Å². The van der Waals surface area contributed by atoms with Crippen molar-refractivity contribution in [1.82, 2.24) is 4.98 Å². The molecule has 0 unspecified atom stereocenters. The molecule has 1 fully saturated rings. The molecule has 4 rings (SSSR count). The number of thiazole rings is 1. The highest BCUT2D eigenvalue weighted by Gasteiger charge is 2.15. The highest BCUT2D eigenvalue weighted by Crippen LogP contribution is 2.35. The van der Waals surface area contributed by atoms with Gasteiger partial charge in [0.15, 0.2) is 0 Å². The zero-order chi connectivity index (χ0) is 24.0. The number of hydrogen-bond donors (Lipinski definition) is 0. The summed E-state index contributed by atoms with van der Waals surface area (Å²) in [6.07, 6.45) is 34.8. The molecule has 0 spiro atoms. The van der Waals surface area contributed by atoms with E-state index in [-0.39, 0.29) is 0 Å². The minimum Gasteiger partial charge on any atom is -0.236 e. The number of benzene rings is 1. The Hall–Kier alpha value is -1.15. The van der Waals surface area contributed by atoms with Crippen molar-refractivity contribution in [1.29, 1.82) is 0 Å². The maximum atomic E-state index is 5.16. The Balaban J connectivity index is 1.45. The average Bonchev–Trinajstić information content (AvgIpc) is 3.29. The van der Waals surface area contributed by atoms with Gasteiger partial charge in [0.2, 0.25) is 0 Å². The highest BCUT2D eigenvalue weighted by molar-refractivity contribution is 7.19. The predicted octanol–water partition coefficient (Wildman–Crippen LogP) is 11.8. The van der Waals surface area contributed by atoms with Crippen molar-refractivity contribution >= 4 is 27.1 Å². The Morgan fingerprint density at radius 2 is 1.14 bits per heavy atom. The Labute approximate surface area is 220 Å². The second-order valence-corrected chi connectivity index (χ2v) is 12.5. The molecule has 2 aromatic rings. The van der Waals surface area contributed by atoms with Gasteiger partial charge in [-0.1, -0.05) is 121 Å². The van der Waals surface area contributed by atoms with Crippen molar-refractivity contribution in [2.24, 2.45) is 0 Å². The van der Waals surface area contributed by atoms with Crippen molar-refractivity contribution < 1.29 is 0 Å². The molecule has 194 valence electrons. The number of aromatic nitrogens is 1. The van der Waals surface area contributed by atoms with Crippen LogP contribution in [0.5, 0.6) is 0 Å². The lowest BCUT2D eigenvalue weighted by atomic mass is 9.87. The molecule has 0 radical (unpaired) electrons. The van der Waals surface area contributed by atoms with E-state index in [1.54, 1.807) is 5.56 Å². The van der Waals surface area contributed by atoms with Crippen molar-refractivity contribution in [3.05, 3.63) is 34.8 Å². The fraction of sp³-hybridized carbons (Fsp3) is 0.727. The summed E-state index contributed by atoms with van der Waals surface area (Å²) in [5.41, 5.74) is 4.35. The Bertz CT molecular complexity index is 866. The lowest BCUT2D eigenvalue weighted by Crippen LogP contribution is -2.00. The zero-order valence-electron chi connectivity index (χ0n) is 22.5. The molecule has 0 saturated heterocycles. The monoisotopic (exact) mass is 493 g/mol. The third-order valence-corrected chi connectivity index (χ3v) is 9.65. The molecular weight excluding hydrogens is 442 g/mol. The SMILES string of the molecule is C1=C(/c2nc3ccc(C4CCCCCCCCCCC4)cc3s2)CCCCCCCCCCCC/1. The van der Waals surface area contributed by atoms with Gasteiger partial charge in [-0.15, -0.1) is 11.3 Å². The van der Waals surface area contributed by atoms with E-state index < -0.39 is 0 Å². The van der Waals surface area contributed by atoms with E-state index in [0.29, 0.717) is 0 Å². The predicted molar refractivity (Wildman–Crippen MR) is 157 cm³/mol. The number of rotatable bonds is 2. The van der Waals surface area contributed by atoms with Gasteiger partial charge in [0.25, 0.3) is 0 Å². The minimum atomic E-state index is 0.748. The first-order valence-corrected chi connectivity index (χ1v) is 16.3. The molecule has 0 N–H and O–H groups in total. The molecule has 2 aliphatic carbocycles. The molecular formula is C33H51NS. The van der Waals surface area contributed by atoms with Gasteiger partial charge in [0.1, 0.15) is 5.01 Å². The maximum Gasteiger partial charge on any atom is 0.120 e. The van der Waals surface area contributed by atoms with Crippen molar-refractivity contribution in [2.45, 2.75) is 154 Å². The molecule has 2 heteroatoms. The summed E-state index contributed by atoms with van der Waals surface area (Å²) in [5, 5.41) is 1.31. The molecule has 0 atom stereocenters. The summed E-state index contributed by atoms with van der Waals surface area (Å²) < 4.78 is 1.42. The van der Waals surface area contributed by atoms with Crippen LogP contribution in [0.4, 0.5) is 0 Å². The molecule has 35 heavy (non-hydrogen) atoms. The third kappa shape index (κ3) is 9.34. The summed E-state index contributed by atoms with van der Waals surface area (Å²) in [5.74, 6) is 0.748. The molecule has 1 aromatic heterocycles. The second-order valence-electron chi connectivity index (χ2n) is 11.5. The highest BCUT2D eigenvalue weighted by atomic mass is 32.1. The Morgan fingerprint density at radius 1 is 0.600 bits per heavy atom. The number of allylic oxidation sites excluding steroid dienone is 2. The van der Waals surface area contributed by atoms with Crippen LogP contribution in [0.2, 0.25) is 0 Å². The first-order valence-electron chi connectivity index (χ1n) is 15.5. The largest absolute Gasteiger partial charge is 0.236 e. The van der Waals surface area contributed by atoms with Crippen LogP contribution >= 0.6 is 11.3 Å². The summed E-state index contributed by atoms with van der Waals surface area (Å²) in [7, 11) is 0. The fourth-order valence-electron chi connectivity index (χ4n) is 6.28. The zero-order valence-corrected chi connectivity index (χ0v) is 23.3. The summed E-state index contributed by atoms with van der Waals surface area (Å²) in [6, 6.07) is 7.28. The van der Waals surface area contributed by atoms with E-state index in [2.05, 4.69) is 24.3 Å². The van der Waals surface area contributed by atoms with Gasteiger partial charge < -0.3 is 0 Å². The number of fused-ring (bicyclic) bond motifs is 1. The van der Waals surface area contributed by atoms with Gasteiger partial charge in [-0.2, -0.15) is 0 Å². The average molecular weight is 494 g/mol. The quantitative estimate of drug-likeness (QED) is 0.405. The second kappa shape index (κ2) is 15.9. The van der Waals surface area contributed by atoms with Crippen molar-refractivity contribution in [2.75, 3.05) is 0 Å². The molecule has 0 amide bonds. The maximum absolute atomic E-state index is 5.16. The molecule has 1 nitrogen and oxygen atoms in total. The van der Waals surface area contributed by atoms with E-state index in [0.717, 1.165) is 5.92 Å². The minimum absolute atomic E-state index is 0.748. The van der Waals surface area contributed by atoms with Gasteiger partial charge in [0.05, 0.1) is 10.2 Å². The molecule has 1 aromatic carbocycles. The smallest absolute Gasteiger partial charge is 0.120 e. The van der Waals surface area contributed by atoms with Crippen LogP contribution in [0.1, 0.15) is 164 Å². The van der Waals surface area contributed by atoms with E-state index in [4.69, 9.17) is 4.98 Å². The first kappa shape index (κ1) is 26.9. The molecule has 1 heterocycles. The first-order chi connectivity index (χ1) is 17.4. The van der Waals surface area contributed by atoms with Crippen molar-refractivity contribution in [3.63, 3.8) is 0 Å². The molecule has 2 aliphatic rings. The Kier molecular flexibility index (Phi) is 12.2. The molecule has 0 aliphatic heterocycles. The Morgan fingerprint density at radius 3 is 1.77 bits per heavy atom. The van der Waals surface area contributed by atoms with Crippen molar-refractivity contribution in [3.8, 4) is 0 Å². The van der Waals surface area contributed by atoms with Gasteiger partial charge in [-0.3, -0.25) is 0 Å². The number of nitrogens with zero attached hydrogens (tertiary/aromatic N) is 1. The van der Waals surface area contributed by atoms with E-state index in [1.165, 1.54) is 168 Å². The van der Waals surface area contributed by atoms with Gasteiger partial charge in [0, 0.05) is 0 Å². The van der Waals surface area contributed by atoms with Gasteiger partial charge in [-0.05, 0) is 67.7 Å². The lowest BCUT2D eigenvalue weighted by Gasteiger charge is -2.18. The van der Waals surface area contributed by atoms with E-state index in [9.17, 15) is 0 Å². The van der Waals surface area contributed by atoms with Crippen LogP contribution in [0.25, 0.3) is 15.8 Å². The van der Waals surface area contributed by atoms with Crippen LogP contribution in [-0.2, 0) is 0 Å². The summed E-state index contributed by atoms with van der Waals surface area (Å²) >= 11 is 1.97. The third-order valence-electron chi connectivity index (χ3n) is 8.55. The van der Waals surface area contributed by atoms with Gasteiger partial charge >= 0.3 is 0 Å². The van der Waals surface area contributed by atoms with Gasteiger partial charge in [-0.25, -0.2) is 4.98 Å². The number of hydrogen-bond acceptors (Lipinski definition) is 2. The van der Waals surface area contributed by atoms with Crippen LogP contribution < -0.4 is 0 Å². The molecule has 0 bridgehead atoms. The molecule has 1 saturated carbocycles. The van der Waals surface area contributed by atoms with Crippen LogP contribution in [0.15, 0.2) is 24.3 Å². The van der Waals surface area contributed by atoms with E-state index in [1.807, 2.05) is 11.3 Å². The van der Waals surface area contributed by atoms with E-state index >= 15 is 0 Å². The van der Waals surface area contributed by atoms with Crippen LogP contribution in [-0.4, -0.2) is 4.98 Å². The van der Waals surface area contributed by atoms with Crippen LogP contribution in [0.3, 0.4) is 0 Å². The standard InChI is InChI=1S/C33H51NS/c1-2-5-11-15-19-23-29(24-20-16-12-6-3-1)33-34-31-26-25-30(27-32(31)35-33)28-21-17-13-9-7-4-8-10-14-18-22-28/h23,25-28H,1-22,24H2/b29-23+. The normalized spacial score (nSPS) is 23.5.